The number of hydrogen-bond donors (Lipinski definition) is 1. The zero-order valence-corrected chi connectivity index (χ0v) is 8.90. The molecule has 0 heterocycles. The van der Waals surface area contributed by atoms with Crippen molar-refractivity contribution >= 4 is 0 Å². The summed E-state index contributed by atoms with van der Waals surface area (Å²) in [5.74, 6) is 2.79. The molecular weight excluding hydrogens is 158 g/mol. The van der Waals surface area contributed by atoms with Gasteiger partial charge in [0, 0.05) is 12.5 Å². The number of terminal acetylenes is 1. The van der Waals surface area contributed by atoms with E-state index in [-0.39, 0.29) is 0 Å². The van der Waals surface area contributed by atoms with E-state index in [1.54, 1.807) is 0 Å². The monoisotopic (exact) mass is 179 g/mol. The van der Waals surface area contributed by atoms with Crippen LogP contribution in [0.5, 0.6) is 0 Å². The summed E-state index contributed by atoms with van der Waals surface area (Å²) in [4.78, 5) is 0. The standard InChI is InChI=1S/C12H21N/c1-4-8-11(13-3)12(5-2)9-6-7-10-12/h1,11,13H,5-10H2,2-3H3. The fourth-order valence-corrected chi connectivity index (χ4v) is 2.77. The molecule has 1 N–H and O–H groups in total. The van der Waals surface area contributed by atoms with Crippen LogP contribution in [0.1, 0.15) is 45.4 Å². The van der Waals surface area contributed by atoms with Crippen molar-refractivity contribution in [3.05, 3.63) is 0 Å². The lowest BCUT2D eigenvalue weighted by Crippen LogP contribution is -2.41. The second kappa shape index (κ2) is 4.67. The summed E-state index contributed by atoms with van der Waals surface area (Å²) in [6, 6.07) is 0.532. The summed E-state index contributed by atoms with van der Waals surface area (Å²) in [7, 11) is 2.04. The van der Waals surface area contributed by atoms with Crippen molar-refractivity contribution in [2.45, 2.75) is 51.5 Å². The van der Waals surface area contributed by atoms with Crippen LogP contribution >= 0.6 is 0 Å². The molecule has 1 fully saturated rings. The molecule has 13 heavy (non-hydrogen) atoms. The highest BCUT2D eigenvalue weighted by atomic mass is 14.9. The van der Waals surface area contributed by atoms with Gasteiger partial charge in [-0.3, -0.25) is 0 Å². The average molecular weight is 179 g/mol. The smallest absolute Gasteiger partial charge is 0.0245 e. The van der Waals surface area contributed by atoms with Gasteiger partial charge in [0.25, 0.3) is 0 Å². The van der Waals surface area contributed by atoms with E-state index in [4.69, 9.17) is 6.42 Å². The summed E-state index contributed by atoms with van der Waals surface area (Å²) >= 11 is 0. The van der Waals surface area contributed by atoms with Gasteiger partial charge in [-0.25, -0.2) is 0 Å². The van der Waals surface area contributed by atoms with E-state index in [1.807, 2.05) is 7.05 Å². The lowest BCUT2D eigenvalue weighted by Gasteiger charge is -2.35. The predicted molar refractivity (Wildman–Crippen MR) is 57.5 cm³/mol. The average Bonchev–Trinajstić information content (AvgIpc) is 2.63. The van der Waals surface area contributed by atoms with Gasteiger partial charge in [-0.15, -0.1) is 12.3 Å². The zero-order valence-electron chi connectivity index (χ0n) is 8.90. The van der Waals surface area contributed by atoms with Crippen LogP contribution in [0.3, 0.4) is 0 Å². The predicted octanol–water partition coefficient (Wildman–Crippen LogP) is 2.57. The first-order valence-corrected chi connectivity index (χ1v) is 5.40. The van der Waals surface area contributed by atoms with Gasteiger partial charge < -0.3 is 5.32 Å². The third-order valence-electron chi connectivity index (χ3n) is 3.71. The largest absolute Gasteiger partial charge is 0.315 e. The van der Waals surface area contributed by atoms with Crippen LogP contribution in [0.2, 0.25) is 0 Å². The van der Waals surface area contributed by atoms with E-state index in [9.17, 15) is 0 Å². The highest BCUT2D eigenvalue weighted by Gasteiger charge is 2.38. The van der Waals surface area contributed by atoms with E-state index in [0.717, 1.165) is 6.42 Å². The molecule has 74 valence electrons. The quantitative estimate of drug-likeness (QED) is 0.654. The molecule has 0 saturated heterocycles. The first-order chi connectivity index (χ1) is 6.29. The van der Waals surface area contributed by atoms with Gasteiger partial charge in [0.1, 0.15) is 0 Å². The molecule has 1 unspecified atom stereocenters. The van der Waals surface area contributed by atoms with Crippen molar-refractivity contribution in [1.82, 2.24) is 5.32 Å². The van der Waals surface area contributed by atoms with E-state index in [0.29, 0.717) is 11.5 Å². The molecule has 1 saturated carbocycles. The van der Waals surface area contributed by atoms with Crippen molar-refractivity contribution in [2.24, 2.45) is 5.41 Å². The molecule has 1 nitrogen and oxygen atoms in total. The Hall–Kier alpha value is -0.480. The molecule has 1 heteroatoms. The number of hydrogen-bond acceptors (Lipinski definition) is 1. The molecule has 0 aliphatic heterocycles. The minimum Gasteiger partial charge on any atom is -0.315 e. The van der Waals surface area contributed by atoms with Crippen LogP contribution in [0.15, 0.2) is 0 Å². The Balaban J connectivity index is 2.67. The molecule has 1 aliphatic rings. The molecule has 0 bridgehead atoms. The van der Waals surface area contributed by atoms with E-state index >= 15 is 0 Å². The van der Waals surface area contributed by atoms with Gasteiger partial charge in [0.05, 0.1) is 0 Å². The fourth-order valence-electron chi connectivity index (χ4n) is 2.77. The Kier molecular flexibility index (Phi) is 3.81. The van der Waals surface area contributed by atoms with Crippen LogP contribution < -0.4 is 5.32 Å². The van der Waals surface area contributed by atoms with E-state index in [1.165, 1.54) is 32.1 Å². The third kappa shape index (κ3) is 2.06. The summed E-state index contributed by atoms with van der Waals surface area (Å²) in [6.45, 7) is 2.30. The van der Waals surface area contributed by atoms with Crippen LogP contribution in [0, 0.1) is 17.8 Å². The van der Waals surface area contributed by atoms with Gasteiger partial charge in [-0.05, 0) is 31.7 Å². The van der Waals surface area contributed by atoms with Gasteiger partial charge in [-0.1, -0.05) is 19.8 Å². The van der Waals surface area contributed by atoms with Crippen LogP contribution in [-0.2, 0) is 0 Å². The minimum absolute atomic E-state index is 0.501. The molecule has 0 aromatic heterocycles. The molecule has 1 aliphatic carbocycles. The second-order valence-corrected chi connectivity index (χ2v) is 4.17. The Morgan fingerprint density at radius 2 is 2.08 bits per heavy atom. The lowest BCUT2D eigenvalue weighted by atomic mass is 9.75. The first-order valence-electron chi connectivity index (χ1n) is 5.40. The Bertz CT molecular complexity index is 184. The van der Waals surface area contributed by atoms with Gasteiger partial charge in [-0.2, -0.15) is 0 Å². The van der Waals surface area contributed by atoms with Crippen molar-refractivity contribution in [3.8, 4) is 12.3 Å². The Labute approximate surface area is 82.3 Å². The fraction of sp³-hybridized carbons (Fsp3) is 0.833. The maximum Gasteiger partial charge on any atom is 0.0245 e. The molecule has 1 rings (SSSR count). The molecule has 0 aromatic rings. The van der Waals surface area contributed by atoms with Crippen molar-refractivity contribution in [1.29, 1.82) is 0 Å². The topological polar surface area (TPSA) is 12.0 Å². The van der Waals surface area contributed by atoms with Gasteiger partial charge >= 0.3 is 0 Å². The summed E-state index contributed by atoms with van der Waals surface area (Å²) < 4.78 is 0. The molecule has 0 aromatic carbocycles. The molecule has 0 radical (unpaired) electrons. The van der Waals surface area contributed by atoms with Crippen LogP contribution in [0.25, 0.3) is 0 Å². The van der Waals surface area contributed by atoms with Gasteiger partial charge in [0.2, 0.25) is 0 Å². The molecular formula is C12H21N. The minimum atomic E-state index is 0.501. The highest BCUT2D eigenvalue weighted by Crippen LogP contribution is 2.44. The second-order valence-electron chi connectivity index (χ2n) is 4.17. The maximum absolute atomic E-state index is 5.40. The maximum atomic E-state index is 5.40. The Morgan fingerprint density at radius 3 is 2.46 bits per heavy atom. The summed E-state index contributed by atoms with van der Waals surface area (Å²) in [5.41, 5.74) is 0.501. The normalized spacial score (nSPS) is 22.5. The van der Waals surface area contributed by atoms with Gasteiger partial charge in [0.15, 0.2) is 0 Å². The molecule has 1 atom stereocenters. The van der Waals surface area contributed by atoms with E-state index in [2.05, 4.69) is 18.2 Å². The number of nitrogens with one attached hydrogen (secondary N) is 1. The zero-order chi connectivity index (χ0) is 9.73. The summed E-state index contributed by atoms with van der Waals surface area (Å²) in [6.07, 6.45) is 13.0. The third-order valence-corrected chi connectivity index (χ3v) is 3.71. The van der Waals surface area contributed by atoms with Crippen LogP contribution in [0.4, 0.5) is 0 Å². The summed E-state index contributed by atoms with van der Waals surface area (Å²) in [5, 5.41) is 3.39. The van der Waals surface area contributed by atoms with E-state index < -0.39 is 0 Å². The molecule has 0 amide bonds. The molecule has 0 spiro atoms. The Morgan fingerprint density at radius 1 is 1.46 bits per heavy atom. The lowest BCUT2D eigenvalue weighted by molar-refractivity contribution is 0.196. The SMILES string of the molecule is C#CCC(NC)C1(CC)CCCC1. The highest BCUT2D eigenvalue weighted by molar-refractivity contribution is 5.00. The number of rotatable bonds is 4. The van der Waals surface area contributed by atoms with Crippen molar-refractivity contribution < 1.29 is 0 Å². The van der Waals surface area contributed by atoms with Crippen molar-refractivity contribution in [3.63, 3.8) is 0 Å². The van der Waals surface area contributed by atoms with Crippen molar-refractivity contribution in [2.75, 3.05) is 7.05 Å². The van der Waals surface area contributed by atoms with Crippen LogP contribution in [-0.4, -0.2) is 13.1 Å². The first kappa shape index (κ1) is 10.6.